The Kier molecular flexibility index (Phi) is 3.68. The summed E-state index contributed by atoms with van der Waals surface area (Å²) in [6, 6.07) is 5.63. The number of alkyl halides is 3. The first kappa shape index (κ1) is 17.7. The summed E-state index contributed by atoms with van der Waals surface area (Å²) in [4.78, 5) is 0. The van der Waals surface area contributed by atoms with Crippen LogP contribution in [-0.2, 0) is 12.1 Å². The fraction of sp³-hybridized carbons (Fsp3) is 0.353. The van der Waals surface area contributed by atoms with Crippen LogP contribution in [0.3, 0.4) is 0 Å². The lowest BCUT2D eigenvalue weighted by atomic mass is 9.88. The first-order valence-corrected chi connectivity index (χ1v) is 8.10. The van der Waals surface area contributed by atoms with Crippen LogP contribution in [0, 0.1) is 5.82 Å². The Labute approximate surface area is 150 Å². The van der Waals surface area contributed by atoms with Gasteiger partial charge in [0.15, 0.2) is 5.82 Å². The molecule has 4 rings (SSSR count). The summed E-state index contributed by atoms with van der Waals surface area (Å²) in [5.74, 6) is -0.170. The molecule has 3 heterocycles. The summed E-state index contributed by atoms with van der Waals surface area (Å²) < 4.78 is 59.7. The Morgan fingerprint density at radius 2 is 1.78 bits per heavy atom. The van der Waals surface area contributed by atoms with Gasteiger partial charge in [-0.3, -0.25) is 0 Å². The third-order valence-electron chi connectivity index (χ3n) is 4.75. The summed E-state index contributed by atoms with van der Waals surface area (Å²) in [7, 11) is 0. The molecule has 1 aliphatic heterocycles. The molecule has 0 saturated heterocycles. The Morgan fingerprint density at radius 3 is 2.41 bits per heavy atom. The van der Waals surface area contributed by atoms with Crippen LogP contribution in [0.5, 0.6) is 0 Å². The van der Waals surface area contributed by atoms with E-state index >= 15 is 0 Å². The van der Waals surface area contributed by atoms with Gasteiger partial charge in [-0.05, 0) is 31.2 Å². The van der Waals surface area contributed by atoms with Gasteiger partial charge in [0, 0.05) is 23.6 Å². The van der Waals surface area contributed by atoms with Gasteiger partial charge in [0.1, 0.15) is 11.5 Å². The van der Waals surface area contributed by atoms with E-state index in [0.29, 0.717) is 18.3 Å². The largest absolute Gasteiger partial charge is 0.422 e. The third kappa shape index (κ3) is 2.54. The number of benzene rings is 1. The molecule has 0 saturated carbocycles. The van der Waals surface area contributed by atoms with Crippen molar-refractivity contribution in [2.75, 3.05) is 0 Å². The van der Waals surface area contributed by atoms with Gasteiger partial charge in [0.05, 0.1) is 0 Å². The monoisotopic (exact) mass is 382 g/mol. The van der Waals surface area contributed by atoms with E-state index in [4.69, 9.17) is 4.52 Å². The smallest absolute Gasteiger partial charge is 0.375 e. The zero-order chi connectivity index (χ0) is 19.6. The van der Waals surface area contributed by atoms with Crippen molar-refractivity contribution in [2.24, 2.45) is 0 Å². The van der Waals surface area contributed by atoms with Crippen LogP contribution in [0.25, 0.3) is 23.0 Å². The zero-order valence-electron chi connectivity index (χ0n) is 14.3. The number of aromatic nitrogens is 4. The SMILES string of the molecule is C[C@H]1Cn2c(-c3ccc(F)cc3)nnc2-c2onc([C@@](C)(O)C(F)(F)F)c21. The normalized spacial score (nSPS) is 18.7. The fourth-order valence-electron chi connectivity index (χ4n) is 3.22. The lowest BCUT2D eigenvalue weighted by molar-refractivity contribution is -0.261. The number of aliphatic hydroxyl groups is 1. The van der Waals surface area contributed by atoms with Gasteiger partial charge in [0.2, 0.25) is 17.2 Å². The molecule has 2 aromatic heterocycles. The maximum absolute atomic E-state index is 13.3. The summed E-state index contributed by atoms with van der Waals surface area (Å²) in [6.45, 7) is 2.59. The lowest BCUT2D eigenvalue weighted by Crippen LogP contribution is -2.40. The van der Waals surface area contributed by atoms with Gasteiger partial charge in [-0.2, -0.15) is 13.2 Å². The average Bonchev–Trinajstić information content (AvgIpc) is 3.19. The van der Waals surface area contributed by atoms with Gasteiger partial charge in [-0.15, -0.1) is 10.2 Å². The van der Waals surface area contributed by atoms with Crippen molar-refractivity contribution in [3.8, 4) is 23.0 Å². The van der Waals surface area contributed by atoms with Crippen molar-refractivity contribution in [2.45, 2.75) is 38.1 Å². The van der Waals surface area contributed by atoms with Crippen molar-refractivity contribution >= 4 is 0 Å². The molecule has 0 amide bonds. The first-order chi connectivity index (χ1) is 12.6. The number of fused-ring (bicyclic) bond motifs is 3. The standard InChI is InChI=1S/C17H14F4N4O2/c1-8-7-25-14(9-3-5-10(18)6-4-9)22-23-15(25)12-11(8)13(24-27-12)16(2,26)17(19,20)21/h3-6,8,26H,7H2,1-2H3/t8-,16+/m0/s1. The molecule has 6 nitrogen and oxygen atoms in total. The summed E-state index contributed by atoms with van der Waals surface area (Å²) >= 11 is 0. The predicted molar refractivity (Wildman–Crippen MR) is 85.0 cm³/mol. The summed E-state index contributed by atoms with van der Waals surface area (Å²) in [5, 5.41) is 21.6. The zero-order valence-corrected chi connectivity index (χ0v) is 14.3. The highest BCUT2D eigenvalue weighted by Crippen LogP contribution is 2.46. The summed E-state index contributed by atoms with van der Waals surface area (Å²) in [5.41, 5.74) is -2.97. The highest BCUT2D eigenvalue weighted by atomic mass is 19.4. The number of hydrogen-bond donors (Lipinski definition) is 1. The molecule has 1 N–H and O–H groups in total. The molecule has 10 heteroatoms. The van der Waals surface area contributed by atoms with E-state index in [-0.39, 0.29) is 23.7 Å². The number of nitrogens with zero attached hydrogens (tertiary/aromatic N) is 4. The molecule has 2 atom stereocenters. The molecule has 0 fully saturated rings. The van der Waals surface area contributed by atoms with Crippen molar-refractivity contribution in [1.29, 1.82) is 0 Å². The number of halogens is 4. The van der Waals surface area contributed by atoms with Gasteiger partial charge < -0.3 is 14.2 Å². The van der Waals surface area contributed by atoms with E-state index in [9.17, 15) is 22.7 Å². The van der Waals surface area contributed by atoms with Gasteiger partial charge in [-0.25, -0.2) is 4.39 Å². The molecular formula is C17H14F4N4O2. The predicted octanol–water partition coefficient (Wildman–Crippen LogP) is 3.63. The van der Waals surface area contributed by atoms with Crippen LogP contribution >= 0.6 is 0 Å². The van der Waals surface area contributed by atoms with Gasteiger partial charge >= 0.3 is 6.18 Å². The molecule has 0 unspecified atom stereocenters. The van der Waals surface area contributed by atoms with E-state index in [0.717, 1.165) is 0 Å². The van der Waals surface area contributed by atoms with Crippen LogP contribution in [-0.4, -0.2) is 31.2 Å². The number of rotatable bonds is 2. The molecule has 1 aliphatic rings. The Bertz CT molecular complexity index is 1010. The molecule has 0 radical (unpaired) electrons. The van der Waals surface area contributed by atoms with Crippen LogP contribution < -0.4 is 0 Å². The second-order valence-corrected chi connectivity index (χ2v) is 6.71. The quantitative estimate of drug-likeness (QED) is 0.685. The maximum Gasteiger partial charge on any atom is 0.422 e. The minimum absolute atomic E-state index is 0.0362. The highest BCUT2D eigenvalue weighted by molar-refractivity contribution is 5.64. The van der Waals surface area contributed by atoms with Crippen LogP contribution in [0.1, 0.15) is 31.0 Å². The molecule has 142 valence electrons. The molecule has 0 aliphatic carbocycles. The Morgan fingerprint density at radius 1 is 1.15 bits per heavy atom. The highest BCUT2D eigenvalue weighted by Gasteiger charge is 2.55. The third-order valence-corrected chi connectivity index (χ3v) is 4.75. The van der Waals surface area contributed by atoms with Crippen molar-refractivity contribution < 1.29 is 27.2 Å². The first-order valence-electron chi connectivity index (χ1n) is 8.10. The molecule has 0 spiro atoms. The van der Waals surface area contributed by atoms with Crippen molar-refractivity contribution in [1.82, 2.24) is 19.9 Å². The summed E-state index contributed by atoms with van der Waals surface area (Å²) in [6.07, 6.45) is -4.91. The van der Waals surface area contributed by atoms with E-state index in [2.05, 4.69) is 15.4 Å². The number of hydrogen-bond acceptors (Lipinski definition) is 5. The topological polar surface area (TPSA) is 77.0 Å². The van der Waals surface area contributed by atoms with Crippen LogP contribution in [0.4, 0.5) is 17.6 Å². The lowest BCUT2D eigenvalue weighted by Gasteiger charge is -2.27. The Balaban J connectivity index is 1.85. The fourth-order valence-corrected chi connectivity index (χ4v) is 3.22. The van der Waals surface area contributed by atoms with Crippen LogP contribution in [0.15, 0.2) is 28.8 Å². The second-order valence-electron chi connectivity index (χ2n) is 6.71. The maximum atomic E-state index is 13.3. The van der Waals surface area contributed by atoms with E-state index in [1.54, 1.807) is 11.5 Å². The van der Waals surface area contributed by atoms with Gasteiger partial charge in [0.25, 0.3) is 0 Å². The average molecular weight is 382 g/mol. The Hall–Kier alpha value is -2.75. The van der Waals surface area contributed by atoms with Crippen LogP contribution in [0.2, 0.25) is 0 Å². The second kappa shape index (κ2) is 5.62. The molecule has 0 bridgehead atoms. The minimum atomic E-state index is -4.91. The van der Waals surface area contributed by atoms with E-state index in [1.807, 2.05) is 0 Å². The van der Waals surface area contributed by atoms with Crippen molar-refractivity contribution in [3.63, 3.8) is 0 Å². The molecule has 1 aromatic carbocycles. The van der Waals surface area contributed by atoms with Crippen molar-refractivity contribution in [3.05, 3.63) is 41.3 Å². The molecule has 3 aromatic rings. The minimum Gasteiger partial charge on any atom is -0.375 e. The molecular weight excluding hydrogens is 368 g/mol. The van der Waals surface area contributed by atoms with E-state index in [1.165, 1.54) is 24.3 Å². The van der Waals surface area contributed by atoms with Gasteiger partial charge in [-0.1, -0.05) is 12.1 Å². The molecule has 27 heavy (non-hydrogen) atoms. The van der Waals surface area contributed by atoms with E-state index < -0.39 is 29.2 Å².